The zero-order valence-corrected chi connectivity index (χ0v) is 9.31. The molecule has 80 valence electrons. The van der Waals surface area contributed by atoms with E-state index in [1.165, 1.54) is 4.88 Å². The van der Waals surface area contributed by atoms with Crippen LogP contribution in [-0.4, -0.2) is 19.5 Å². The van der Waals surface area contributed by atoms with Gasteiger partial charge in [-0.3, -0.25) is 0 Å². The van der Waals surface area contributed by atoms with Crippen LogP contribution < -0.4 is 0 Å². The predicted molar refractivity (Wildman–Crippen MR) is 63.2 cm³/mol. The fourth-order valence-electron chi connectivity index (χ4n) is 1.61. The molecule has 4 nitrogen and oxygen atoms in total. The molecule has 0 aromatic carbocycles. The summed E-state index contributed by atoms with van der Waals surface area (Å²) in [5.41, 5.74) is 0. The van der Waals surface area contributed by atoms with E-state index in [1.54, 1.807) is 29.9 Å². The second kappa shape index (κ2) is 3.94. The van der Waals surface area contributed by atoms with Crippen LogP contribution in [0.3, 0.4) is 0 Å². The molecule has 3 aromatic rings. The molecule has 0 radical (unpaired) electrons. The highest BCUT2D eigenvalue weighted by Gasteiger charge is 2.08. The van der Waals surface area contributed by atoms with Crippen LogP contribution >= 0.6 is 11.3 Å². The van der Waals surface area contributed by atoms with Crippen molar-refractivity contribution in [2.24, 2.45) is 0 Å². The van der Waals surface area contributed by atoms with Gasteiger partial charge in [0.15, 0.2) is 11.6 Å². The Morgan fingerprint density at radius 1 is 1.31 bits per heavy atom. The number of hydrogen-bond acceptors (Lipinski definition) is 3. The smallest absolute Gasteiger partial charge is 0.176 e. The third kappa shape index (κ3) is 1.65. The minimum atomic E-state index is 0.807. The van der Waals surface area contributed by atoms with E-state index in [-0.39, 0.29) is 0 Å². The van der Waals surface area contributed by atoms with Crippen molar-refractivity contribution >= 4 is 11.3 Å². The average Bonchev–Trinajstić information content (AvgIpc) is 2.98. The van der Waals surface area contributed by atoms with E-state index in [0.717, 1.165) is 18.2 Å². The molecule has 0 fully saturated rings. The highest BCUT2D eigenvalue weighted by molar-refractivity contribution is 7.09. The predicted octanol–water partition coefficient (Wildman–Crippen LogP) is 2.38. The highest BCUT2D eigenvalue weighted by atomic mass is 32.1. The molecule has 16 heavy (non-hydrogen) atoms. The lowest BCUT2D eigenvalue weighted by molar-refractivity contribution is 0.813. The number of nitrogens with one attached hydrogen (secondary N) is 1. The summed E-state index contributed by atoms with van der Waals surface area (Å²) in [6, 6.07) is 4.18. The van der Waals surface area contributed by atoms with Crippen LogP contribution in [0.1, 0.15) is 4.88 Å². The van der Waals surface area contributed by atoms with Gasteiger partial charge in [-0.25, -0.2) is 9.97 Å². The number of hydrogen-bond donors (Lipinski definition) is 1. The first kappa shape index (κ1) is 9.35. The third-order valence-corrected chi connectivity index (χ3v) is 3.19. The Labute approximate surface area is 96.6 Å². The molecule has 0 saturated carbocycles. The van der Waals surface area contributed by atoms with Crippen molar-refractivity contribution in [3.05, 3.63) is 47.2 Å². The Hall–Kier alpha value is -1.88. The van der Waals surface area contributed by atoms with Gasteiger partial charge in [-0.15, -0.1) is 11.3 Å². The number of nitrogens with zero attached hydrogens (tertiary/aromatic N) is 3. The Morgan fingerprint density at radius 3 is 3.06 bits per heavy atom. The van der Waals surface area contributed by atoms with Gasteiger partial charge in [-0.2, -0.15) is 0 Å². The van der Waals surface area contributed by atoms with Gasteiger partial charge in [-0.1, -0.05) is 6.07 Å². The zero-order valence-electron chi connectivity index (χ0n) is 8.50. The summed E-state index contributed by atoms with van der Waals surface area (Å²) < 4.78 is 2.09. The van der Waals surface area contributed by atoms with E-state index in [2.05, 4.69) is 37.0 Å². The van der Waals surface area contributed by atoms with Crippen molar-refractivity contribution in [1.82, 2.24) is 19.5 Å². The van der Waals surface area contributed by atoms with Crippen LogP contribution in [-0.2, 0) is 6.54 Å². The molecule has 0 aliphatic rings. The molecule has 0 saturated heterocycles. The van der Waals surface area contributed by atoms with Gasteiger partial charge in [0.05, 0.1) is 6.54 Å². The number of aromatic amines is 1. The largest absolute Gasteiger partial charge is 0.342 e. The van der Waals surface area contributed by atoms with Gasteiger partial charge in [0.2, 0.25) is 0 Å². The molecule has 0 aliphatic heterocycles. The van der Waals surface area contributed by atoms with Gasteiger partial charge in [0.25, 0.3) is 0 Å². The monoisotopic (exact) mass is 230 g/mol. The second-order valence-corrected chi connectivity index (χ2v) is 4.43. The maximum Gasteiger partial charge on any atom is 0.176 e. The Bertz CT molecular complexity index is 551. The van der Waals surface area contributed by atoms with E-state index >= 15 is 0 Å². The van der Waals surface area contributed by atoms with Gasteiger partial charge >= 0.3 is 0 Å². The zero-order chi connectivity index (χ0) is 10.8. The summed E-state index contributed by atoms with van der Waals surface area (Å²) in [4.78, 5) is 12.9. The normalized spacial score (nSPS) is 10.8. The average molecular weight is 230 g/mol. The number of rotatable bonds is 3. The maximum atomic E-state index is 4.31. The Balaban J connectivity index is 1.94. The molecule has 0 amide bonds. The van der Waals surface area contributed by atoms with Crippen LogP contribution in [0.15, 0.2) is 42.3 Å². The molecule has 5 heteroatoms. The maximum absolute atomic E-state index is 4.31. The first-order chi connectivity index (χ1) is 7.93. The molecule has 1 N–H and O–H groups in total. The van der Waals surface area contributed by atoms with E-state index in [9.17, 15) is 0 Å². The fourth-order valence-corrected chi connectivity index (χ4v) is 2.31. The van der Waals surface area contributed by atoms with Crippen LogP contribution in [0.25, 0.3) is 11.6 Å². The molecule has 3 heterocycles. The molecule has 0 unspecified atom stereocenters. The van der Waals surface area contributed by atoms with E-state index < -0.39 is 0 Å². The minimum absolute atomic E-state index is 0.807. The SMILES string of the molecule is c1csc(Cn2ccnc2-c2ncc[nH]2)c1. The van der Waals surface area contributed by atoms with Crippen LogP contribution in [0.2, 0.25) is 0 Å². The van der Waals surface area contributed by atoms with Crippen molar-refractivity contribution in [3.8, 4) is 11.6 Å². The molecule has 0 aliphatic carbocycles. The summed E-state index contributed by atoms with van der Waals surface area (Å²) in [6.07, 6.45) is 7.31. The fraction of sp³-hybridized carbons (Fsp3) is 0.0909. The van der Waals surface area contributed by atoms with Gasteiger partial charge in [-0.05, 0) is 11.4 Å². The summed E-state index contributed by atoms with van der Waals surface area (Å²) in [7, 11) is 0. The van der Waals surface area contributed by atoms with Crippen molar-refractivity contribution in [2.75, 3.05) is 0 Å². The van der Waals surface area contributed by atoms with E-state index in [4.69, 9.17) is 0 Å². The molecule has 3 aromatic heterocycles. The summed E-state index contributed by atoms with van der Waals surface area (Å²) in [5, 5.41) is 2.08. The topological polar surface area (TPSA) is 46.5 Å². The van der Waals surface area contributed by atoms with E-state index in [1.807, 2.05) is 6.20 Å². The standard InChI is InChI=1S/C11H10N4S/c1-2-9(16-7-1)8-15-6-5-14-11(15)10-12-3-4-13-10/h1-7H,8H2,(H,12,13). The van der Waals surface area contributed by atoms with Gasteiger partial charge in [0.1, 0.15) is 0 Å². The lowest BCUT2D eigenvalue weighted by Gasteiger charge is -2.03. The van der Waals surface area contributed by atoms with E-state index in [0.29, 0.717) is 0 Å². The number of H-pyrrole nitrogens is 1. The third-order valence-electron chi connectivity index (χ3n) is 2.33. The quantitative estimate of drug-likeness (QED) is 0.751. The Morgan fingerprint density at radius 2 is 2.31 bits per heavy atom. The first-order valence-corrected chi connectivity index (χ1v) is 5.85. The molecular weight excluding hydrogens is 220 g/mol. The van der Waals surface area contributed by atoms with Gasteiger partial charge in [0, 0.05) is 29.7 Å². The molecule has 3 rings (SSSR count). The Kier molecular flexibility index (Phi) is 2.30. The van der Waals surface area contributed by atoms with Crippen molar-refractivity contribution in [1.29, 1.82) is 0 Å². The van der Waals surface area contributed by atoms with Crippen LogP contribution in [0.5, 0.6) is 0 Å². The second-order valence-electron chi connectivity index (χ2n) is 3.40. The molecule has 0 atom stereocenters. The van der Waals surface area contributed by atoms with Crippen molar-refractivity contribution in [3.63, 3.8) is 0 Å². The highest BCUT2D eigenvalue weighted by Crippen LogP contribution is 2.16. The van der Waals surface area contributed by atoms with Crippen LogP contribution in [0, 0.1) is 0 Å². The molecular formula is C11H10N4S. The van der Waals surface area contributed by atoms with Gasteiger partial charge < -0.3 is 9.55 Å². The number of imidazole rings is 2. The lowest BCUT2D eigenvalue weighted by Crippen LogP contribution is -2.00. The molecule has 0 bridgehead atoms. The summed E-state index contributed by atoms with van der Waals surface area (Å²) in [5.74, 6) is 1.68. The summed E-state index contributed by atoms with van der Waals surface area (Å²) >= 11 is 1.75. The van der Waals surface area contributed by atoms with Crippen molar-refractivity contribution in [2.45, 2.75) is 6.54 Å². The minimum Gasteiger partial charge on any atom is -0.342 e. The van der Waals surface area contributed by atoms with Crippen LogP contribution in [0.4, 0.5) is 0 Å². The van der Waals surface area contributed by atoms with Crippen molar-refractivity contribution < 1.29 is 0 Å². The number of thiophene rings is 1. The molecule has 0 spiro atoms. The summed E-state index contributed by atoms with van der Waals surface area (Å²) in [6.45, 7) is 0.841. The first-order valence-electron chi connectivity index (χ1n) is 4.97. The number of aromatic nitrogens is 4. The lowest BCUT2D eigenvalue weighted by atomic mass is 10.4.